The van der Waals surface area contributed by atoms with Gasteiger partial charge in [-0.05, 0) is 22.0 Å². The Morgan fingerprint density at radius 2 is 1.80 bits per heavy atom. The molecule has 1 rings (SSSR count). The fourth-order valence-corrected chi connectivity index (χ4v) is 0.713. The number of pyridine rings is 1. The smallest absolute Gasteiger partial charge is 0.202 e. The minimum atomic E-state index is -1.43. The maximum Gasteiger partial charge on any atom is 0.251 e. The molecule has 0 aromatic carbocycles. The van der Waals surface area contributed by atoms with Gasteiger partial charge in [0.1, 0.15) is 0 Å². The Bertz CT molecular complexity index is 213. The van der Waals surface area contributed by atoms with Gasteiger partial charge >= 0.3 is 0 Å². The minimum Gasteiger partial charge on any atom is -0.202 e. The van der Waals surface area contributed by atoms with Gasteiger partial charge in [-0.15, -0.1) is 0 Å². The predicted molar refractivity (Wildman–Crippen MR) is 31.8 cm³/mol. The van der Waals surface area contributed by atoms with Crippen molar-refractivity contribution in [2.45, 2.75) is 0 Å². The first-order valence-corrected chi connectivity index (χ1v) is 3.07. The molecule has 10 heavy (non-hydrogen) atoms. The zero-order valence-electron chi connectivity index (χ0n) is 4.54. The summed E-state index contributed by atoms with van der Waals surface area (Å²) in [5.41, 5.74) is 0. The van der Waals surface area contributed by atoms with Gasteiger partial charge in [-0.25, -0.2) is 4.39 Å². The topological polar surface area (TPSA) is 12.9 Å². The Labute approximate surface area is 63.0 Å². The summed E-state index contributed by atoms with van der Waals surface area (Å²) < 4.78 is 36.1. The van der Waals surface area contributed by atoms with Crippen LogP contribution in [0.25, 0.3) is 0 Å². The van der Waals surface area contributed by atoms with E-state index < -0.39 is 17.7 Å². The van der Waals surface area contributed by atoms with E-state index in [-0.39, 0.29) is 4.47 Å². The molecule has 0 saturated heterocycles. The highest BCUT2D eigenvalue weighted by atomic mass is 79.9. The Morgan fingerprint density at radius 1 is 1.20 bits per heavy atom. The lowest BCUT2D eigenvalue weighted by Crippen LogP contribution is -1.93. The summed E-state index contributed by atoms with van der Waals surface area (Å²) >= 11 is 2.64. The van der Waals surface area contributed by atoms with E-state index in [0.717, 1.165) is 0 Å². The second kappa shape index (κ2) is 2.57. The molecule has 1 aromatic heterocycles. The van der Waals surface area contributed by atoms with Crippen LogP contribution in [0.2, 0.25) is 0 Å². The molecule has 54 valence electrons. The second-order valence-corrected chi connectivity index (χ2v) is 2.39. The van der Waals surface area contributed by atoms with E-state index in [1.807, 2.05) is 0 Å². The van der Waals surface area contributed by atoms with Gasteiger partial charge in [-0.2, -0.15) is 13.8 Å². The highest BCUT2D eigenvalue weighted by Crippen LogP contribution is 2.15. The van der Waals surface area contributed by atoms with Crippen LogP contribution < -0.4 is 0 Å². The van der Waals surface area contributed by atoms with E-state index in [1.54, 1.807) is 0 Å². The molecule has 0 atom stereocenters. The maximum atomic E-state index is 12.2. The average Bonchev–Trinajstić information content (AvgIpc) is 1.84. The van der Waals surface area contributed by atoms with Crippen LogP contribution in [-0.2, 0) is 0 Å². The Hall–Kier alpha value is -0.580. The van der Waals surface area contributed by atoms with E-state index in [9.17, 15) is 13.2 Å². The van der Waals surface area contributed by atoms with Crippen molar-refractivity contribution in [3.8, 4) is 0 Å². The van der Waals surface area contributed by atoms with Gasteiger partial charge in [0.05, 0.1) is 4.47 Å². The van der Waals surface area contributed by atoms with Crippen molar-refractivity contribution in [1.82, 2.24) is 4.98 Å². The summed E-state index contributed by atoms with van der Waals surface area (Å²) in [5, 5.41) is 0. The summed E-state index contributed by atoms with van der Waals surface area (Å²) in [6.07, 6.45) is 0. The van der Waals surface area contributed by atoms with Crippen molar-refractivity contribution in [2.24, 2.45) is 0 Å². The van der Waals surface area contributed by atoms with Crippen LogP contribution in [-0.4, -0.2) is 4.98 Å². The first-order valence-electron chi connectivity index (χ1n) is 2.28. The van der Waals surface area contributed by atoms with Crippen molar-refractivity contribution in [3.63, 3.8) is 0 Å². The SMILES string of the molecule is Fc1cc(Br)c(F)nc1F. The van der Waals surface area contributed by atoms with E-state index in [4.69, 9.17) is 0 Å². The van der Waals surface area contributed by atoms with Crippen molar-refractivity contribution in [1.29, 1.82) is 0 Å². The Morgan fingerprint density at radius 3 is 2.30 bits per heavy atom. The summed E-state index contributed by atoms with van der Waals surface area (Å²) in [5.74, 6) is -3.66. The van der Waals surface area contributed by atoms with E-state index in [0.29, 0.717) is 6.07 Å². The van der Waals surface area contributed by atoms with Gasteiger partial charge in [0.25, 0.3) is 5.95 Å². The Kier molecular flexibility index (Phi) is 1.94. The minimum absolute atomic E-state index is 0.189. The lowest BCUT2D eigenvalue weighted by molar-refractivity contribution is 0.444. The number of rotatable bonds is 0. The molecule has 1 aromatic rings. The largest absolute Gasteiger partial charge is 0.251 e. The van der Waals surface area contributed by atoms with Crippen molar-refractivity contribution < 1.29 is 13.2 Å². The monoisotopic (exact) mass is 211 g/mol. The van der Waals surface area contributed by atoms with Crippen molar-refractivity contribution in [2.75, 3.05) is 0 Å². The Balaban J connectivity index is 3.28. The normalized spacial score (nSPS) is 10.0. The molecule has 0 N–H and O–H groups in total. The zero-order chi connectivity index (χ0) is 7.72. The lowest BCUT2D eigenvalue weighted by Gasteiger charge is -1.93. The van der Waals surface area contributed by atoms with Gasteiger partial charge in [0.15, 0.2) is 5.82 Å². The van der Waals surface area contributed by atoms with Crippen LogP contribution in [0, 0.1) is 17.7 Å². The molecule has 0 aliphatic rings. The summed E-state index contributed by atoms with van der Waals surface area (Å²) in [7, 11) is 0. The van der Waals surface area contributed by atoms with Crippen LogP contribution in [0.4, 0.5) is 13.2 Å². The molecule has 0 unspecified atom stereocenters. The first-order chi connectivity index (χ1) is 4.61. The average molecular weight is 212 g/mol. The molecule has 0 fully saturated rings. The van der Waals surface area contributed by atoms with Gasteiger partial charge in [-0.3, -0.25) is 0 Å². The molecule has 1 nitrogen and oxygen atoms in total. The highest BCUT2D eigenvalue weighted by Gasteiger charge is 2.07. The van der Waals surface area contributed by atoms with Crippen molar-refractivity contribution in [3.05, 3.63) is 28.3 Å². The standard InChI is InChI=1S/C5HBrF3N/c6-2-1-3(7)5(9)10-4(2)8/h1H. The lowest BCUT2D eigenvalue weighted by atomic mass is 10.5. The summed E-state index contributed by atoms with van der Waals surface area (Å²) in [6, 6.07) is 0.678. The van der Waals surface area contributed by atoms with Crippen LogP contribution in [0.15, 0.2) is 10.5 Å². The molecule has 0 radical (unpaired) electrons. The van der Waals surface area contributed by atoms with Crippen LogP contribution in [0.1, 0.15) is 0 Å². The molecule has 5 heteroatoms. The molecule has 0 saturated carbocycles. The van der Waals surface area contributed by atoms with E-state index in [2.05, 4.69) is 20.9 Å². The predicted octanol–water partition coefficient (Wildman–Crippen LogP) is 2.26. The first kappa shape index (κ1) is 7.53. The molecule has 0 spiro atoms. The fraction of sp³-hybridized carbons (Fsp3) is 0. The van der Waals surface area contributed by atoms with Crippen LogP contribution in [0.3, 0.4) is 0 Å². The quantitative estimate of drug-likeness (QED) is 0.601. The number of hydrogen-bond donors (Lipinski definition) is 0. The molecule has 0 amide bonds. The third kappa shape index (κ3) is 1.29. The third-order valence-electron chi connectivity index (χ3n) is 0.844. The van der Waals surface area contributed by atoms with Gasteiger partial charge in [0, 0.05) is 0 Å². The fourth-order valence-electron chi connectivity index (χ4n) is 0.423. The molecular formula is C5HBrF3N. The van der Waals surface area contributed by atoms with Gasteiger partial charge in [0.2, 0.25) is 5.95 Å². The van der Waals surface area contributed by atoms with Crippen LogP contribution >= 0.6 is 15.9 Å². The molecule has 1 heterocycles. The molecule has 0 aliphatic heterocycles. The number of nitrogens with zero attached hydrogens (tertiary/aromatic N) is 1. The number of hydrogen-bond acceptors (Lipinski definition) is 1. The number of halogens is 4. The number of aromatic nitrogens is 1. The van der Waals surface area contributed by atoms with Crippen LogP contribution in [0.5, 0.6) is 0 Å². The van der Waals surface area contributed by atoms with E-state index >= 15 is 0 Å². The van der Waals surface area contributed by atoms with Gasteiger partial charge in [-0.1, -0.05) is 0 Å². The van der Waals surface area contributed by atoms with E-state index in [1.165, 1.54) is 0 Å². The summed E-state index contributed by atoms with van der Waals surface area (Å²) in [6.45, 7) is 0. The molecular weight excluding hydrogens is 211 g/mol. The van der Waals surface area contributed by atoms with Crippen molar-refractivity contribution >= 4 is 15.9 Å². The molecule has 0 aliphatic carbocycles. The maximum absolute atomic E-state index is 12.2. The summed E-state index contributed by atoms with van der Waals surface area (Å²) in [4.78, 5) is 2.62. The second-order valence-electron chi connectivity index (χ2n) is 1.53. The highest BCUT2D eigenvalue weighted by molar-refractivity contribution is 9.10. The van der Waals surface area contributed by atoms with Gasteiger partial charge < -0.3 is 0 Å². The zero-order valence-corrected chi connectivity index (χ0v) is 6.12. The molecule has 0 bridgehead atoms. The third-order valence-corrected chi connectivity index (χ3v) is 1.40.